The van der Waals surface area contributed by atoms with Crippen LogP contribution in [0.15, 0.2) is 66.0 Å². The van der Waals surface area contributed by atoms with E-state index in [0.29, 0.717) is 6.61 Å². The van der Waals surface area contributed by atoms with Crippen LogP contribution in [0.25, 0.3) is 0 Å². The maximum atomic E-state index is 5.77. The molecule has 2 nitrogen and oxygen atoms in total. The van der Waals surface area contributed by atoms with Crippen molar-refractivity contribution in [1.29, 1.82) is 0 Å². The van der Waals surface area contributed by atoms with Crippen molar-refractivity contribution in [2.75, 3.05) is 5.32 Å². The number of rotatable bonds is 6. The highest BCUT2D eigenvalue weighted by molar-refractivity contribution is 7.09. The largest absolute Gasteiger partial charge is 0.488 e. The molecule has 0 aliphatic heterocycles. The first-order chi connectivity index (χ1) is 10.8. The Morgan fingerprint density at radius 3 is 2.41 bits per heavy atom. The number of ether oxygens (including phenoxy) is 1. The monoisotopic (exact) mass is 309 g/mol. The molecular weight excluding hydrogens is 290 g/mol. The van der Waals surface area contributed by atoms with E-state index in [1.165, 1.54) is 16.0 Å². The molecule has 3 heteroatoms. The summed E-state index contributed by atoms with van der Waals surface area (Å²) >= 11 is 1.72. The van der Waals surface area contributed by atoms with Crippen molar-refractivity contribution < 1.29 is 4.74 Å². The molecule has 1 heterocycles. The zero-order valence-corrected chi connectivity index (χ0v) is 13.4. The Kier molecular flexibility index (Phi) is 4.76. The van der Waals surface area contributed by atoms with Gasteiger partial charge < -0.3 is 10.1 Å². The second kappa shape index (κ2) is 7.14. The van der Waals surface area contributed by atoms with Gasteiger partial charge in [-0.3, -0.25) is 0 Å². The number of thiophene rings is 1. The predicted molar refractivity (Wildman–Crippen MR) is 93.6 cm³/mol. The summed E-state index contributed by atoms with van der Waals surface area (Å²) in [5.74, 6) is 0.910. The van der Waals surface area contributed by atoms with Crippen molar-refractivity contribution in [3.8, 4) is 5.75 Å². The Balaban J connectivity index is 1.51. The second-order valence-electron chi connectivity index (χ2n) is 5.23. The molecule has 0 fully saturated rings. The van der Waals surface area contributed by atoms with Gasteiger partial charge in [0, 0.05) is 17.1 Å². The third-order valence-electron chi connectivity index (χ3n) is 3.43. The SMILES string of the molecule is Cc1ccc(NCc2ccc(OCc3cccs3)cc2)cc1. The maximum absolute atomic E-state index is 5.77. The highest BCUT2D eigenvalue weighted by Gasteiger charge is 1.98. The minimum Gasteiger partial charge on any atom is -0.488 e. The van der Waals surface area contributed by atoms with Gasteiger partial charge in [0.15, 0.2) is 0 Å². The highest BCUT2D eigenvalue weighted by atomic mass is 32.1. The molecule has 0 saturated heterocycles. The Morgan fingerprint density at radius 2 is 1.73 bits per heavy atom. The van der Waals surface area contributed by atoms with Crippen LogP contribution in [0.3, 0.4) is 0 Å². The standard InChI is InChI=1S/C19H19NOS/c1-15-4-8-17(9-5-15)20-13-16-6-10-18(11-7-16)21-14-19-3-2-12-22-19/h2-12,20H,13-14H2,1H3. The summed E-state index contributed by atoms with van der Waals surface area (Å²) in [4.78, 5) is 1.24. The normalized spacial score (nSPS) is 10.4. The molecule has 0 bridgehead atoms. The van der Waals surface area contributed by atoms with Crippen molar-refractivity contribution in [1.82, 2.24) is 0 Å². The summed E-state index contributed by atoms with van der Waals surface area (Å²) in [6, 6.07) is 20.8. The molecule has 0 aliphatic rings. The maximum Gasteiger partial charge on any atom is 0.122 e. The third-order valence-corrected chi connectivity index (χ3v) is 4.28. The third kappa shape index (κ3) is 4.12. The van der Waals surface area contributed by atoms with Gasteiger partial charge in [0.05, 0.1) is 0 Å². The van der Waals surface area contributed by atoms with Crippen LogP contribution in [0.2, 0.25) is 0 Å². The fourth-order valence-corrected chi connectivity index (χ4v) is 2.74. The Labute approximate surface area is 135 Å². The summed E-state index contributed by atoms with van der Waals surface area (Å²) < 4.78 is 5.77. The van der Waals surface area contributed by atoms with Crippen molar-refractivity contribution in [2.45, 2.75) is 20.1 Å². The second-order valence-corrected chi connectivity index (χ2v) is 6.26. The summed E-state index contributed by atoms with van der Waals surface area (Å²) in [6.07, 6.45) is 0. The fraction of sp³-hybridized carbons (Fsp3) is 0.158. The molecule has 3 aromatic rings. The van der Waals surface area contributed by atoms with Crippen LogP contribution in [-0.2, 0) is 13.2 Å². The van der Waals surface area contributed by atoms with Gasteiger partial charge in [-0.1, -0.05) is 35.9 Å². The molecule has 0 unspecified atom stereocenters. The first-order valence-corrected chi connectivity index (χ1v) is 8.22. The van der Waals surface area contributed by atoms with E-state index in [1.807, 2.05) is 18.2 Å². The number of nitrogens with one attached hydrogen (secondary N) is 1. The molecule has 0 atom stereocenters. The van der Waals surface area contributed by atoms with E-state index in [4.69, 9.17) is 4.74 Å². The Morgan fingerprint density at radius 1 is 0.955 bits per heavy atom. The van der Waals surface area contributed by atoms with E-state index in [9.17, 15) is 0 Å². The topological polar surface area (TPSA) is 21.3 Å². The first-order valence-electron chi connectivity index (χ1n) is 7.34. The predicted octanol–water partition coefficient (Wildman–Crippen LogP) is 5.25. The van der Waals surface area contributed by atoms with Crippen molar-refractivity contribution in [3.63, 3.8) is 0 Å². The molecule has 0 radical (unpaired) electrons. The highest BCUT2D eigenvalue weighted by Crippen LogP contribution is 2.17. The zero-order chi connectivity index (χ0) is 15.2. The number of hydrogen-bond donors (Lipinski definition) is 1. The van der Waals surface area contributed by atoms with Crippen molar-refractivity contribution >= 4 is 17.0 Å². The summed E-state index contributed by atoms with van der Waals surface area (Å²) in [5.41, 5.74) is 3.66. The molecule has 0 amide bonds. The van der Waals surface area contributed by atoms with Gasteiger partial charge in [-0.25, -0.2) is 0 Å². The van der Waals surface area contributed by atoms with Crippen LogP contribution in [0.5, 0.6) is 5.75 Å². The van der Waals surface area contributed by atoms with E-state index < -0.39 is 0 Å². The lowest BCUT2D eigenvalue weighted by Gasteiger charge is -2.08. The molecule has 0 saturated carbocycles. The Bertz CT molecular complexity index is 687. The average Bonchev–Trinajstić information content (AvgIpc) is 3.07. The Hall–Kier alpha value is -2.26. The molecule has 2 aromatic carbocycles. The molecule has 0 spiro atoms. The molecule has 1 aromatic heterocycles. The minimum absolute atomic E-state index is 0.638. The zero-order valence-electron chi connectivity index (χ0n) is 12.6. The lowest BCUT2D eigenvalue weighted by Crippen LogP contribution is -1.99. The quantitative estimate of drug-likeness (QED) is 0.671. The summed E-state index contributed by atoms with van der Waals surface area (Å²) in [6.45, 7) is 3.55. The van der Waals surface area contributed by atoms with Crippen LogP contribution in [0, 0.1) is 6.92 Å². The number of benzene rings is 2. The lowest BCUT2D eigenvalue weighted by atomic mass is 10.2. The average molecular weight is 309 g/mol. The number of anilines is 1. The molecule has 0 aliphatic carbocycles. The molecule has 112 valence electrons. The van der Waals surface area contributed by atoms with E-state index in [2.05, 4.69) is 60.1 Å². The van der Waals surface area contributed by atoms with E-state index in [1.54, 1.807) is 11.3 Å². The van der Waals surface area contributed by atoms with Gasteiger partial charge in [0.1, 0.15) is 12.4 Å². The molecule has 22 heavy (non-hydrogen) atoms. The molecule has 3 rings (SSSR count). The van der Waals surface area contributed by atoms with E-state index in [0.717, 1.165) is 18.0 Å². The van der Waals surface area contributed by atoms with Crippen molar-refractivity contribution in [3.05, 3.63) is 82.0 Å². The van der Waals surface area contributed by atoms with Crippen LogP contribution in [0.4, 0.5) is 5.69 Å². The number of aryl methyl sites for hydroxylation is 1. The van der Waals surface area contributed by atoms with E-state index >= 15 is 0 Å². The van der Waals surface area contributed by atoms with Gasteiger partial charge in [0.25, 0.3) is 0 Å². The first kappa shape index (κ1) is 14.7. The van der Waals surface area contributed by atoms with Gasteiger partial charge >= 0.3 is 0 Å². The van der Waals surface area contributed by atoms with Gasteiger partial charge in [-0.05, 0) is 48.2 Å². The van der Waals surface area contributed by atoms with Gasteiger partial charge in [-0.15, -0.1) is 11.3 Å². The van der Waals surface area contributed by atoms with Crippen LogP contribution in [0.1, 0.15) is 16.0 Å². The molecular formula is C19H19NOS. The van der Waals surface area contributed by atoms with Crippen LogP contribution >= 0.6 is 11.3 Å². The smallest absolute Gasteiger partial charge is 0.122 e. The van der Waals surface area contributed by atoms with Crippen LogP contribution in [-0.4, -0.2) is 0 Å². The van der Waals surface area contributed by atoms with Crippen molar-refractivity contribution in [2.24, 2.45) is 0 Å². The molecule has 1 N–H and O–H groups in total. The minimum atomic E-state index is 0.638. The lowest BCUT2D eigenvalue weighted by molar-refractivity contribution is 0.310. The fourth-order valence-electron chi connectivity index (χ4n) is 2.13. The summed E-state index contributed by atoms with van der Waals surface area (Å²) in [7, 11) is 0. The van der Waals surface area contributed by atoms with Crippen LogP contribution < -0.4 is 10.1 Å². The number of hydrogen-bond acceptors (Lipinski definition) is 3. The van der Waals surface area contributed by atoms with Gasteiger partial charge in [0.2, 0.25) is 0 Å². The summed E-state index contributed by atoms with van der Waals surface area (Å²) in [5, 5.41) is 5.49. The van der Waals surface area contributed by atoms with Gasteiger partial charge in [-0.2, -0.15) is 0 Å². The van der Waals surface area contributed by atoms with E-state index in [-0.39, 0.29) is 0 Å².